The van der Waals surface area contributed by atoms with Crippen LogP contribution in [0, 0.1) is 0 Å². The summed E-state index contributed by atoms with van der Waals surface area (Å²) in [6.07, 6.45) is -1.86. The van der Waals surface area contributed by atoms with E-state index in [9.17, 15) is 33.9 Å². The second kappa shape index (κ2) is 17.0. The van der Waals surface area contributed by atoms with Gasteiger partial charge in [-0.3, -0.25) is 24.0 Å². The molecule has 17 nitrogen and oxygen atoms in total. The third-order valence-electron chi connectivity index (χ3n) is 4.12. The fourth-order valence-corrected chi connectivity index (χ4v) is 2.35. The summed E-state index contributed by atoms with van der Waals surface area (Å²) in [7, 11) is 0. The summed E-state index contributed by atoms with van der Waals surface area (Å²) in [6, 6.07) is -5.04. The lowest BCUT2D eigenvalue weighted by atomic mass is 10.1. The molecule has 200 valence electrons. The lowest BCUT2D eigenvalue weighted by Crippen LogP contribution is -2.58. The topological polar surface area (TPSA) is 288 Å². The van der Waals surface area contributed by atoms with Crippen molar-refractivity contribution in [3.63, 3.8) is 0 Å². The van der Waals surface area contributed by atoms with Crippen molar-refractivity contribution in [2.45, 2.75) is 37.6 Å². The molecule has 0 aliphatic carbocycles. The zero-order valence-electron chi connectivity index (χ0n) is 19.2. The van der Waals surface area contributed by atoms with Crippen LogP contribution >= 0.6 is 0 Å². The highest BCUT2D eigenvalue weighted by molar-refractivity contribution is 5.92. The molecule has 0 aromatic carbocycles. The summed E-state index contributed by atoms with van der Waals surface area (Å²) in [4.78, 5) is 68.9. The maximum absolute atomic E-state index is 12.2. The molecule has 0 aromatic heterocycles. The molecular weight excluding hydrogens is 474 g/mol. The zero-order chi connectivity index (χ0) is 27.0. The summed E-state index contributed by atoms with van der Waals surface area (Å²) in [5, 5.41) is 27.5. The molecule has 0 aliphatic heterocycles. The molecule has 0 heterocycles. The number of hydrogen-bond acceptors (Lipinski definition) is 10. The SMILES string of the molecule is C[C@@H](O)[C@H](NC(=O)N[C@@H](CC(N)=O)C(N)=O)C(=O)NCCOCCOCC(=O)N[C@@H](CO)C(N)=O. The van der Waals surface area contributed by atoms with Gasteiger partial charge in [-0.25, -0.2) is 4.79 Å². The third-order valence-corrected chi connectivity index (χ3v) is 4.12. The van der Waals surface area contributed by atoms with Gasteiger partial charge in [-0.1, -0.05) is 0 Å². The van der Waals surface area contributed by atoms with Crippen LogP contribution < -0.4 is 38.5 Å². The number of primary amides is 3. The van der Waals surface area contributed by atoms with Gasteiger partial charge in [-0.15, -0.1) is 0 Å². The molecule has 0 rings (SSSR count). The summed E-state index contributed by atoms with van der Waals surface area (Å²) < 4.78 is 10.2. The number of ether oxygens (including phenoxy) is 2. The Bertz CT molecular complexity index is 749. The van der Waals surface area contributed by atoms with E-state index >= 15 is 0 Å². The van der Waals surface area contributed by atoms with E-state index in [1.165, 1.54) is 6.92 Å². The van der Waals surface area contributed by atoms with E-state index < -0.39 is 79.4 Å². The van der Waals surface area contributed by atoms with E-state index in [4.69, 9.17) is 31.8 Å². The maximum atomic E-state index is 12.2. The van der Waals surface area contributed by atoms with Gasteiger partial charge >= 0.3 is 6.03 Å². The monoisotopic (exact) mass is 507 g/mol. The molecule has 0 saturated carbocycles. The first-order valence-electron chi connectivity index (χ1n) is 10.3. The molecule has 4 atom stereocenters. The molecule has 0 saturated heterocycles. The Morgan fingerprint density at radius 2 is 1.46 bits per heavy atom. The average molecular weight is 508 g/mol. The van der Waals surface area contributed by atoms with Crippen molar-refractivity contribution < 1.29 is 48.5 Å². The molecule has 35 heavy (non-hydrogen) atoms. The minimum absolute atomic E-state index is 0.00574. The van der Waals surface area contributed by atoms with E-state index in [0.717, 1.165) is 0 Å². The van der Waals surface area contributed by atoms with E-state index in [0.29, 0.717) is 0 Å². The van der Waals surface area contributed by atoms with Crippen molar-refractivity contribution >= 4 is 35.6 Å². The predicted octanol–water partition coefficient (Wildman–Crippen LogP) is -6.12. The van der Waals surface area contributed by atoms with Crippen LogP contribution in [0.5, 0.6) is 0 Å². The van der Waals surface area contributed by atoms with Crippen LogP contribution in [-0.2, 0) is 33.4 Å². The van der Waals surface area contributed by atoms with Gasteiger partial charge in [0.05, 0.1) is 39.0 Å². The van der Waals surface area contributed by atoms with Crippen molar-refractivity contribution in [2.75, 3.05) is 39.6 Å². The normalized spacial score (nSPS) is 14.0. The maximum Gasteiger partial charge on any atom is 0.316 e. The van der Waals surface area contributed by atoms with Crippen molar-refractivity contribution in [3.8, 4) is 0 Å². The van der Waals surface area contributed by atoms with Crippen molar-refractivity contribution in [3.05, 3.63) is 0 Å². The molecule has 0 unspecified atom stereocenters. The first kappa shape index (κ1) is 31.5. The van der Waals surface area contributed by atoms with Gasteiger partial charge in [0.25, 0.3) is 0 Å². The highest BCUT2D eigenvalue weighted by Gasteiger charge is 2.27. The largest absolute Gasteiger partial charge is 0.394 e. The van der Waals surface area contributed by atoms with E-state index in [1.54, 1.807) is 0 Å². The smallest absolute Gasteiger partial charge is 0.316 e. The van der Waals surface area contributed by atoms with Crippen LogP contribution in [0.15, 0.2) is 0 Å². The number of carbonyl (C=O) groups excluding carboxylic acids is 6. The zero-order valence-corrected chi connectivity index (χ0v) is 19.2. The van der Waals surface area contributed by atoms with Crippen molar-refractivity contribution in [1.29, 1.82) is 0 Å². The van der Waals surface area contributed by atoms with Crippen LogP contribution in [0.1, 0.15) is 13.3 Å². The second-order valence-electron chi connectivity index (χ2n) is 7.12. The molecular formula is C18H33N7O10. The fraction of sp³-hybridized carbons (Fsp3) is 0.667. The lowest BCUT2D eigenvalue weighted by molar-refractivity contribution is -0.131. The number of carbonyl (C=O) groups is 6. The predicted molar refractivity (Wildman–Crippen MR) is 117 cm³/mol. The first-order chi connectivity index (χ1) is 16.4. The quantitative estimate of drug-likeness (QED) is 0.0791. The highest BCUT2D eigenvalue weighted by atomic mass is 16.5. The van der Waals surface area contributed by atoms with Crippen molar-refractivity contribution in [2.24, 2.45) is 17.2 Å². The number of aliphatic hydroxyl groups excluding tert-OH is 2. The number of hydrogen-bond donors (Lipinski definition) is 9. The Balaban J connectivity index is 4.25. The van der Waals surface area contributed by atoms with Gasteiger partial charge in [0.1, 0.15) is 24.7 Å². The van der Waals surface area contributed by atoms with Gasteiger partial charge in [-0.05, 0) is 6.92 Å². The minimum Gasteiger partial charge on any atom is -0.394 e. The summed E-state index contributed by atoms with van der Waals surface area (Å²) in [6.45, 7) is 0.281. The third kappa shape index (κ3) is 14.4. The summed E-state index contributed by atoms with van der Waals surface area (Å²) in [5.41, 5.74) is 15.0. The first-order valence-corrected chi connectivity index (χ1v) is 10.3. The van der Waals surface area contributed by atoms with Crippen molar-refractivity contribution in [1.82, 2.24) is 21.3 Å². The number of amides is 7. The molecule has 12 N–H and O–H groups in total. The number of urea groups is 1. The van der Waals surface area contributed by atoms with E-state index in [-0.39, 0.29) is 26.4 Å². The van der Waals surface area contributed by atoms with Crippen LogP contribution in [-0.4, -0.2) is 110 Å². The molecule has 17 heteroatoms. The van der Waals surface area contributed by atoms with Gasteiger partial charge in [0.2, 0.25) is 29.5 Å². The summed E-state index contributed by atoms with van der Waals surface area (Å²) >= 11 is 0. The van der Waals surface area contributed by atoms with Crippen LogP contribution in [0.4, 0.5) is 4.79 Å². The molecule has 0 aromatic rings. The minimum atomic E-state index is -1.40. The number of nitrogens with two attached hydrogens (primary N) is 3. The Kier molecular flexibility index (Phi) is 15.3. The molecule has 7 amide bonds. The standard InChI is InChI=1S/C18H33N7O10/c1-9(27)14(25-18(33)24-10(15(20)30)6-12(19)28)17(32)22-2-3-34-4-5-35-8-13(29)23-11(7-26)16(21)31/h9-11,14,26-27H,2-8H2,1H3,(H2,19,28)(H2,20,30)(H2,21,31)(H,22,32)(H,23,29)(H2,24,25,33)/t9-,10+,11+,14+/m1/s1. The Morgan fingerprint density at radius 3 is 1.97 bits per heavy atom. The van der Waals surface area contributed by atoms with Crippen LogP contribution in [0.25, 0.3) is 0 Å². The van der Waals surface area contributed by atoms with Gasteiger partial charge < -0.3 is 58.2 Å². The Hall–Kier alpha value is -3.54. The lowest BCUT2D eigenvalue weighted by Gasteiger charge is -2.22. The van der Waals surface area contributed by atoms with E-state index in [1.807, 2.05) is 0 Å². The fourth-order valence-electron chi connectivity index (χ4n) is 2.35. The van der Waals surface area contributed by atoms with Crippen LogP contribution in [0.3, 0.4) is 0 Å². The van der Waals surface area contributed by atoms with Gasteiger partial charge in [0.15, 0.2) is 0 Å². The number of nitrogens with one attached hydrogen (secondary N) is 4. The van der Waals surface area contributed by atoms with Gasteiger partial charge in [0, 0.05) is 6.54 Å². The number of aliphatic hydroxyl groups is 2. The summed E-state index contributed by atoms with van der Waals surface area (Å²) in [5.74, 6) is -4.21. The highest BCUT2D eigenvalue weighted by Crippen LogP contribution is 1.96. The second-order valence-corrected chi connectivity index (χ2v) is 7.12. The van der Waals surface area contributed by atoms with E-state index in [2.05, 4.69) is 21.3 Å². The van der Waals surface area contributed by atoms with Gasteiger partial charge in [-0.2, -0.15) is 0 Å². The molecule has 0 aliphatic rings. The molecule has 0 bridgehead atoms. The molecule has 0 spiro atoms. The Labute approximate surface area is 200 Å². The molecule has 0 fully saturated rings. The van der Waals surface area contributed by atoms with Crippen LogP contribution in [0.2, 0.25) is 0 Å². The molecule has 0 radical (unpaired) electrons. The Morgan fingerprint density at radius 1 is 0.857 bits per heavy atom. The number of rotatable bonds is 18. The average Bonchev–Trinajstić information content (AvgIpc) is 2.76.